The first-order valence-corrected chi connectivity index (χ1v) is 13.6. The van der Waals surface area contributed by atoms with Crippen LogP contribution in [-0.2, 0) is 16.8 Å². The van der Waals surface area contributed by atoms with Crippen LogP contribution in [0.5, 0.6) is 17.4 Å². The molecule has 0 unspecified atom stereocenters. The Morgan fingerprint density at radius 2 is 1.84 bits per heavy atom. The molecule has 2 heterocycles. The van der Waals surface area contributed by atoms with Crippen LogP contribution in [-0.4, -0.2) is 36.1 Å². The summed E-state index contributed by atoms with van der Waals surface area (Å²) in [5.41, 5.74) is 0.0278. The van der Waals surface area contributed by atoms with Crippen molar-refractivity contribution in [2.24, 2.45) is 5.92 Å². The van der Waals surface area contributed by atoms with Gasteiger partial charge in [-0.2, -0.15) is 5.10 Å². The Morgan fingerprint density at radius 1 is 1.13 bits per heavy atom. The lowest BCUT2D eigenvalue weighted by Gasteiger charge is -2.27. The number of nitrogens with zero attached hydrogens (tertiary/aromatic N) is 3. The molecule has 0 aliphatic heterocycles. The van der Waals surface area contributed by atoms with E-state index < -0.39 is 11.6 Å². The first kappa shape index (κ1) is 27.8. The molecule has 0 saturated heterocycles. The van der Waals surface area contributed by atoms with Gasteiger partial charge in [0.05, 0.1) is 18.3 Å². The second-order valence-corrected chi connectivity index (χ2v) is 12.2. The number of aromatic nitrogens is 3. The van der Waals surface area contributed by atoms with Crippen LogP contribution in [0.15, 0.2) is 48.8 Å². The molecule has 1 aromatic carbocycles. The van der Waals surface area contributed by atoms with E-state index in [-0.39, 0.29) is 17.2 Å². The molecule has 8 nitrogen and oxygen atoms in total. The Labute approximate surface area is 225 Å². The molecule has 206 valence electrons. The highest BCUT2D eigenvalue weighted by molar-refractivity contribution is 5.93. The molecule has 38 heavy (non-hydrogen) atoms. The molecule has 4 rings (SSSR count). The second-order valence-electron chi connectivity index (χ2n) is 12.2. The summed E-state index contributed by atoms with van der Waals surface area (Å²) in [7, 11) is 0. The number of benzene rings is 1. The van der Waals surface area contributed by atoms with Gasteiger partial charge in [-0.15, -0.1) is 0 Å². The molecule has 0 bridgehead atoms. The number of aliphatic hydroxyl groups is 1. The summed E-state index contributed by atoms with van der Waals surface area (Å²) >= 11 is 0. The molecule has 1 atom stereocenters. The van der Waals surface area contributed by atoms with Crippen molar-refractivity contribution in [3.63, 3.8) is 0 Å². The molecule has 8 heteroatoms. The molecular formula is C30H42N4O4. The van der Waals surface area contributed by atoms with Crippen LogP contribution in [0.3, 0.4) is 0 Å². The zero-order chi connectivity index (χ0) is 27.5. The highest BCUT2D eigenvalue weighted by atomic mass is 16.5. The lowest BCUT2D eigenvalue weighted by molar-refractivity contribution is -0.120. The molecule has 1 aliphatic rings. The quantitative estimate of drug-likeness (QED) is 0.302. The van der Waals surface area contributed by atoms with E-state index in [1.807, 2.05) is 24.3 Å². The molecule has 3 aromatic rings. The fourth-order valence-electron chi connectivity index (χ4n) is 5.26. The highest BCUT2D eigenvalue weighted by Crippen LogP contribution is 2.38. The molecular weight excluding hydrogens is 480 g/mol. The third-order valence-electron chi connectivity index (χ3n) is 7.09. The third-order valence-corrected chi connectivity index (χ3v) is 7.09. The summed E-state index contributed by atoms with van der Waals surface area (Å²) in [5.74, 6) is 1.77. The number of hydrogen-bond donors (Lipinski definition) is 3. The number of carbonyl (C=O) groups excluding carboxylic acids is 1. The first-order valence-electron chi connectivity index (χ1n) is 13.6. The van der Waals surface area contributed by atoms with Gasteiger partial charge in [0.25, 0.3) is 0 Å². The molecule has 0 radical (unpaired) electrons. The summed E-state index contributed by atoms with van der Waals surface area (Å²) in [5, 5.41) is 28.4. The second kappa shape index (κ2) is 11.2. The van der Waals surface area contributed by atoms with Crippen LogP contribution < -0.4 is 10.1 Å². The van der Waals surface area contributed by atoms with Crippen LogP contribution in [0.4, 0.5) is 5.82 Å². The number of rotatable bonds is 9. The number of nitrogens with one attached hydrogen (secondary N) is 1. The number of carbonyl (C=O) groups is 1. The predicted octanol–water partition coefficient (Wildman–Crippen LogP) is 6.40. The molecule has 3 N–H and O–H groups in total. The van der Waals surface area contributed by atoms with Crippen molar-refractivity contribution < 1.29 is 19.7 Å². The monoisotopic (exact) mass is 522 g/mol. The van der Waals surface area contributed by atoms with Gasteiger partial charge in [-0.1, -0.05) is 71.1 Å². The average Bonchev–Trinajstić information content (AvgIpc) is 3.41. The highest BCUT2D eigenvalue weighted by Gasteiger charge is 2.29. The predicted molar refractivity (Wildman–Crippen MR) is 149 cm³/mol. The van der Waals surface area contributed by atoms with Gasteiger partial charge in [-0.25, -0.2) is 0 Å². The van der Waals surface area contributed by atoms with E-state index >= 15 is 0 Å². The fraction of sp³-hybridized carbons (Fsp3) is 0.533. The lowest BCUT2D eigenvalue weighted by Crippen LogP contribution is -2.29. The van der Waals surface area contributed by atoms with E-state index in [0.29, 0.717) is 30.5 Å². The number of para-hydroxylation sites is 1. The Bertz CT molecular complexity index is 1230. The van der Waals surface area contributed by atoms with Crippen LogP contribution in [0.1, 0.15) is 84.7 Å². The number of hydrogen-bond acceptors (Lipinski definition) is 5. The average molecular weight is 523 g/mol. The Morgan fingerprint density at radius 3 is 2.53 bits per heavy atom. The maximum absolute atomic E-state index is 13.6. The van der Waals surface area contributed by atoms with Crippen molar-refractivity contribution in [1.29, 1.82) is 0 Å². The molecule has 1 amide bonds. The van der Waals surface area contributed by atoms with Gasteiger partial charge < -0.3 is 24.8 Å². The topological polar surface area (TPSA) is 102 Å². The summed E-state index contributed by atoms with van der Waals surface area (Å²) in [6.07, 6.45) is 9.78. The van der Waals surface area contributed by atoms with Gasteiger partial charge in [-0.3, -0.25) is 9.48 Å². The van der Waals surface area contributed by atoms with Crippen molar-refractivity contribution in [3.05, 3.63) is 54.4 Å². The van der Waals surface area contributed by atoms with Crippen LogP contribution in [0, 0.1) is 5.92 Å². The van der Waals surface area contributed by atoms with Crippen molar-refractivity contribution in [3.8, 4) is 17.4 Å². The minimum atomic E-state index is -0.921. The normalized spacial score (nSPS) is 15.8. The van der Waals surface area contributed by atoms with E-state index in [2.05, 4.69) is 31.2 Å². The minimum absolute atomic E-state index is 0.0169. The summed E-state index contributed by atoms with van der Waals surface area (Å²) in [4.78, 5) is 13.6. The van der Waals surface area contributed by atoms with Crippen molar-refractivity contribution in [2.45, 2.75) is 96.7 Å². The number of aromatic hydroxyl groups is 1. The zero-order valence-corrected chi connectivity index (χ0v) is 23.3. The van der Waals surface area contributed by atoms with Gasteiger partial charge in [0.1, 0.15) is 17.5 Å². The smallest absolute Gasteiger partial charge is 0.248 e. The van der Waals surface area contributed by atoms with Crippen LogP contribution >= 0.6 is 0 Å². The van der Waals surface area contributed by atoms with E-state index in [0.717, 1.165) is 37.0 Å². The Kier molecular flexibility index (Phi) is 8.21. The molecule has 0 spiro atoms. The van der Waals surface area contributed by atoms with Gasteiger partial charge in [0, 0.05) is 23.9 Å². The van der Waals surface area contributed by atoms with E-state index in [4.69, 9.17) is 4.74 Å². The molecule has 1 saturated carbocycles. The largest absolute Gasteiger partial charge is 0.494 e. The maximum Gasteiger partial charge on any atom is 0.248 e. The zero-order valence-electron chi connectivity index (χ0n) is 23.3. The van der Waals surface area contributed by atoms with Crippen molar-refractivity contribution in [2.75, 3.05) is 5.32 Å². The first-order chi connectivity index (χ1) is 17.9. The summed E-state index contributed by atoms with van der Waals surface area (Å²) in [6, 6.07) is 10.6. The standard InChI is InChI=1S/C30H42N4O4/c1-29(2,3)23-13-9-10-14-25(23)38-22-18-27(35)34(19-22)24(17-21-11-7-6-8-12-21)28(36)31-26-15-16-33(32-26)20-30(4,5)37/h9-10,13-16,18-19,21,24,35,37H,6-8,11-12,17,20H2,1-5H3,(H,31,32,36)/t24-/m0/s1. The number of ether oxygens (including phenoxy) is 1. The van der Waals surface area contributed by atoms with E-state index in [9.17, 15) is 15.0 Å². The number of anilines is 1. The van der Waals surface area contributed by atoms with Crippen molar-refractivity contribution >= 4 is 11.7 Å². The van der Waals surface area contributed by atoms with E-state index in [1.54, 1.807) is 47.6 Å². The molecule has 1 aliphatic carbocycles. The third kappa shape index (κ3) is 7.19. The Hall–Kier alpha value is -3.26. The van der Waals surface area contributed by atoms with Gasteiger partial charge in [0.2, 0.25) is 5.91 Å². The van der Waals surface area contributed by atoms with Crippen LogP contribution in [0.25, 0.3) is 0 Å². The summed E-state index contributed by atoms with van der Waals surface area (Å²) in [6.45, 7) is 10.1. The fourth-order valence-corrected chi connectivity index (χ4v) is 5.26. The van der Waals surface area contributed by atoms with Crippen LogP contribution in [0.2, 0.25) is 0 Å². The molecule has 1 fully saturated rings. The number of amides is 1. The van der Waals surface area contributed by atoms with E-state index in [1.165, 1.54) is 6.42 Å². The van der Waals surface area contributed by atoms with Crippen molar-refractivity contribution in [1.82, 2.24) is 14.3 Å². The van der Waals surface area contributed by atoms with Gasteiger partial charge >= 0.3 is 0 Å². The minimum Gasteiger partial charge on any atom is -0.494 e. The summed E-state index contributed by atoms with van der Waals surface area (Å²) < 4.78 is 9.46. The lowest BCUT2D eigenvalue weighted by atomic mass is 9.84. The Balaban J connectivity index is 1.58. The maximum atomic E-state index is 13.6. The van der Waals surface area contributed by atoms with Gasteiger partial charge in [-0.05, 0) is 37.7 Å². The van der Waals surface area contributed by atoms with Gasteiger partial charge in [0.15, 0.2) is 11.7 Å². The molecule has 2 aromatic heterocycles. The SMILES string of the molecule is CC(C)(O)Cn1ccc(NC(=O)[C@H](CC2CCCCC2)n2cc(Oc3ccccc3C(C)(C)C)cc2O)n1.